The Hall–Kier alpha value is -2.62. The summed E-state index contributed by atoms with van der Waals surface area (Å²) in [7, 11) is 0. The van der Waals surface area contributed by atoms with Crippen LogP contribution in [0.5, 0.6) is 11.5 Å². The molecule has 152 valence electrons. The minimum Gasteiger partial charge on any atom is -0.504 e. The van der Waals surface area contributed by atoms with E-state index in [0.29, 0.717) is 12.0 Å². The van der Waals surface area contributed by atoms with E-state index in [4.69, 9.17) is 14.2 Å². The molecule has 9 nitrogen and oxygen atoms in total. The van der Waals surface area contributed by atoms with Crippen molar-refractivity contribution in [2.24, 2.45) is 0 Å². The summed E-state index contributed by atoms with van der Waals surface area (Å²) < 4.78 is 16.0. The molecule has 3 rings (SSSR count). The number of phenols is 2. The molecule has 1 heterocycles. The van der Waals surface area contributed by atoms with Crippen LogP contribution in [0.4, 0.5) is 0 Å². The summed E-state index contributed by atoms with van der Waals surface area (Å²) >= 11 is 0. The Kier molecular flexibility index (Phi) is 5.59. The molecule has 1 aromatic carbocycles. The van der Waals surface area contributed by atoms with E-state index in [1.807, 2.05) is 0 Å². The van der Waals surface area contributed by atoms with Gasteiger partial charge in [0.05, 0.1) is 6.10 Å². The second-order valence-electron chi connectivity index (χ2n) is 6.88. The number of aromatic hydroxyl groups is 2. The molecule has 0 radical (unpaired) electrons. The third kappa shape index (κ3) is 3.96. The molecule has 2 fully saturated rings. The number of carbonyl (C=O) groups is 2. The largest absolute Gasteiger partial charge is 0.504 e. The van der Waals surface area contributed by atoms with Gasteiger partial charge >= 0.3 is 11.9 Å². The third-order valence-electron chi connectivity index (χ3n) is 4.82. The first-order chi connectivity index (χ1) is 13.2. The van der Waals surface area contributed by atoms with Crippen molar-refractivity contribution >= 4 is 18.0 Å². The first kappa shape index (κ1) is 20.1. The molecule has 1 aliphatic carbocycles. The number of ether oxygens (including phenoxy) is 3. The van der Waals surface area contributed by atoms with E-state index in [-0.39, 0.29) is 24.3 Å². The highest BCUT2D eigenvalue weighted by Crippen LogP contribution is 2.40. The maximum absolute atomic E-state index is 12.2. The highest BCUT2D eigenvalue weighted by Gasteiger charge is 2.58. The normalized spacial score (nSPS) is 32.6. The lowest BCUT2D eigenvalue weighted by Crippen LogP contribution is -2.56. The molecule has 9 heteroatoms. The molecule has 0 unspecified atom stereocenters. The quantitative estimate of drug-likeness (QED) is 0.328. The van der Waals surface area contributed by atoms with Gasteiger partial charge in [-0.15, -0.1) is 0 Å². The SMILES string of the molecule is CC[C@@H]1OC(=O)[C@]2(C[C@@H](O)[C@H](O)[C@H](OC(=O)/C=C/c3ccc(O)c(O)c3)C2)O1. The van der Waals surface area contributed by atoms with Crippen molar-refractivity contribution in [3.8, 4) is 11.5 Å². The summed E-state index contributed by atoms with van der Waals surface area (Å²) in [6.45, 7) is 1.77. The van der Waals surface area contributed by atoms with Gasteiger partial charge < -0.3 is 34.6 Å². The van der Waals surface area contributed by atoms with Gasteiger partial charge in [-0.3, -0.25) is 0 Å². The van der Waals surface area contributed by atoms with Crippen molar-refractivity contribution in [3.05, 3.63) is 29.8 Å². The van der Waals surface area contributed by atoms with E-state index in [1.165, 1.54) is 24.3 Å². The smallest absolute Gasteiger partial charge is 0.341 e. The van der Waals surface area contributed by atoms with Crippen LogP contribution >= 0.6 is 0 Å². The zero-order valence-electron chi connectivity index (χ0n) is 15.1. The van der Waals surface area contributed by atoms with Crippen LogP contribution in [0.3, 0.4) is 0 Å². The average Bonchev–Trinajstić information content (AvgIpc) is 2.95. The molecular formula is C19H22O9. The van der Waals surface area contributed by atoms with Crippen molar-refractivity contribution in [3.63, 3.8) is 0 Å². The lowest BCUT2D eigenvalue weighted by molar-refractivity contribution is -0.191. The predicted molar refractivity (Wildman–Crippen MR) is 93.9 cm³/mol. The number of esters is 2. The number of carbonyl (C=O) groups excluding carboxylic acids is 2. The Morgan fingerprint density at radius 1 is 1.29 bits per heavy atom. The summed E-state index contributed by atoms with van der Waals surface area (Å²) in [4.78, 5) is 24.4. The van der Waals surface area contributed by atoms with E-state index < -0.39 is 42.1 Å². The van der Waals surface area contributed by atoms with Crippen LogP contribution in [-0.4, -0.2) is 62.6 Å². The third-order valence-corrected chi connectivity index (χ3v) is 4.82. The van der Waals surface area contributed by atoms with Crippen LogP contribution in [0.25, 0.3) is 6.08 Å². The number of phenolic OH excluding ortho intramolecular Hbond substituents is 2. The number of aliphatic hydroxyl groups excluding tert-OH is 2. The fourth-order valence-electron chi connectivity index (χ4n) is 3.32. The van der Waals surface area contributed by atoms with Gasteiger partial charge in [0.25, 0.3) is 0 Å². The van der Waals surface area contributed by atoms with E-state index in [2.05, 4.69) is 0 Å². The summed E-state index contributed by atoms with van der Waals surface area (Å²) in [5.41, 5.74) is -1.03. The number of rotatable bonds is 4. The Balaban J connectivity index is 1.69. The van der Waals surface area contributed by atoms with Crippen LogP contribution in [0.15, 0.2) is 24.3 Å². The molecule has 1 saturated carbocycles. The second kappa shape index (κ2) is 7.78. The van der Waals surface area contributed by atoms with Gasteiger partial charge in [-0.05, 0) is 23.8 Å². The molecule has 1 saturated heterocycles. The van der Waals surface area contributed by atoms with Crippen LogP contribution < -0.4 is 0 Å². The Labute approximate surface area is 160 Å². The maximum atomic E-state index is 12.2. The van der Waals surface area contributed by atoms with Crippen LogP contribution in [0, 0.1) is 0 Å². The second-order valence-corrected chi connectivity index (χ2v) is 6.88. The van der Waals surface area contributed by atoms with Crippen molar-refractivity contribution in [1.82, 2.24) is 0 Å². The zero-order valence-corrected chi connectivity index (χ0v) is 15.1. The number of cyclic esters (lactones) is 1. The van der Waals surface area contributed by atoms with Crippen molar-refractivity contribution in [2.45, 2.75) is 56.4 Å². The van der Waals surface area contributed by atoms with Gasteiger partial charge in [0.1, 0.15) is 12.2 Å². The Morgan fingerprint density at radius 2 is 2.04 bits per heavy atom. The number of benzene rings is 1. The van der Waals surface area contributed by atoms with Crippen molar-refractivity contribution in [2.75, 3.05) is 0 Å². The first-order valence-corrected chi connectivity index (χ1v) is 8.90. The Morgan fingerprint density at radius 3 is 2.68 bits per heavy atom. The molecule has 0 amide bonds. The molecule has 4 N–H and O–H groups in total. The molecule has 0 aromatic heterocycles. The Bertz CT molecular complexity index is 790. The van der Waals surface area contributed by atoms with Gasteiger partial charge in [-0.2, -0.15) is 0 Å². The van der Waals surface area contributed by atoms with E-state index in [1.54, 1.807) is 6.92 Å². The molecule has 0 bridgehead atoms. The molecule has 1 aromatic rings. The van der Waals surface area contributed by atoms with Crippen LogP contribution in [-0.2, 0) is 23.8 Å². The van der Waals surface area contributed by atoms with E-state index in [9.17, 15) is 30.0 Å². The lowest BCUT2D eigenvalue weighted by atomic mass is 9.79. The van der Waals surface area contributed by atoms with Gasteiger partial charge in [-0.25, -0.2) is 9.59 Å². The lowest BCUT2D eigenvalue weighted by Gasteiger charge is -2.39. The minimum atomic E-state index is -1.46. The molecule has 28 heavy (non-hydrogen) atoms. The molecule has 1 aliphatic heterocycles. The standard InChI is InChI=1S/C19H22O9/c1-2-16-27-18(25)19(28-16)8-13(22)17(24)14(9-19)26-15(23)6-4-10-3-5-11(20)12(21)7-10/h3-7,13-14,16-17,20-22,24H,2,8-9H2,1H3/b6-4+/t13-,14-,16-,17+,19-/m1/s1. The van der Waals surface area contributed by atoms with Crippen LogP contribution in [0.2, 0.25) is 0 Å². The summed E-state index contributed by atoms with van der Waals surface area (Å²) in [6.07, 6.45) is -2.07. The van der Waals surface area contributed by atoms with Crippen molar-refractivity contribution in [1.29, 1.82) is 0 Å². The minimum absolute atomic E-state index is 0.139. The molecular weight excluding hydrogens is 372 g/mol. The van der Waals surface area contributed by atoms with Gasteiger partial charge in [0, 0.05) is 25.3 Å². The topological polar surface area (TPSA) is 143 Å². The summed E-state index contributed by atoms with van der Waals surface area (Å²) in [5.74, 6) is -2.11. The highest BCUT2D eigenvalue weighted by atomic mass is 16.8. The van der Waals surface area contributed by atoms with Crippen LogP contribution in [0.1, 0.15) is 31.7 Å². The highest BCUT2D eigenvalue weighted by molar-refractivity contribution is 5.87. The molecule has 5 atom stereocenters. The number of aliphatic hydroxyl groups is 2. The molecule has 2 aliphatic rings. The fraction of sp³-hybridized carbons (Fsp3) is 0.474. The van der Waals surface area contributed by atoms with Gasteiger partial charge in [0.15, 0.2) is 17.1 Å². The van der Waals surface area contributed by atoms with E-state index in [0.717, 1.165) is 6.08 Å². The fourth-order valence-corrected chi connectivity index (χ4v) is 3.32. The predicted octanol–water partition coefficient (Wildman–Crippen LogP) is 0.587. The maximum Gasteiger partial charge on any atom is 0.341 e. The van der Waals surface area contributed by atoms with Crippen molar-refractivity contribution < 1.29 is 44.2 Å². The van der Waals surface area contributed by atoms with Gasteiger partial charge in [-0.1, -0.05) is 13.0 Å². The van der Waals surface area contributed by atoms with Gasteiger partial charge in [0.2, 0.25) is 6.29 Å². The molecule has 1 spiro atoms. The first-order valence-electron chi connectivity index (χ1n) is 8.90. The number of hydrogen-bond donors (Lipinski definition) is 4. The summed E-state index contributed by atoms with van der Waals surface area (Å²) in [6, 6.07) is 3.99. The average molecular weight is 394 g/mol. The summed E-state index contributed by atoms with van der Waals surface area (Å²) in [5, 5.41) is 39.0. The zero-order chi connectivity index (χ0) is 20.5. The monoisotopic (exact) mass is 394 g/mol. The number of hydrogen-bond acceptors (Lipinski definition) is 9. The van der Waals surface area contributed by atoms with E-state index >= 15 is 0 Å².